The maximum atomic E-state index is 13.8. The van der Waals surface area contributed by atoms with E-state index in [1.807, 2.05) is 29.6 Å². The minimum Gasteiger partial charge on any atom is -0.485 e. The normalized spacial score (nSPS) is 22.2. The summed E-state index contributed by atoms with van der Waals surface area (Å²) in [5, 5.41) is 11.3. The van der Waals surface area contributed by atoms with Crippen molar-refractivity contribution in [1.29, 1.82) is 0 Å². The first-order valence-corrected chi connectivity index (χ1v) is 18.0. The van der Waals surface area contributed by atoms with Crippen molar-refractivity contribution in [3.05, 3.63) is 88.5 Å². The van der Waals surface area contributed by atoms with E-state index in [9.17, 15) is 44.3 Å². The largest absolute Gasteiger partial charge is 0.485 e. The number of nitrogens with zero attached hydrogens (tertiary/aromatic N) is 1. The lowest BCUT2D eigenvalue weighted by atomic mass is 9.88. The first-order valence-electron chi connectivity index (χ1n) is 17.6. The number of hydrogen-bond acceptors (Lipinski definition) is 4. The van der Waals surface area contributed by atoms with Crippen molar-refractivity contribution in [2.24, 2.45) is 0 Å². The molecule has 3 aliphatic rings. The SMILES string of the molecule is O=C(Nc1cc(C(F)(F)F)cc(C(F)(F)F)c1)Nc1cc(C(F)(F)F)ccc1O[C@H]1Cc2ccccc2[C@@H]1NC(=S)N[C@@H]1CCCC[C@H]1N1CCCCC1. The third kappa shape index (κ3) is 9.51. The molecule has 2 amide bonds. The Labute approximate surface area is 311 Å². The van der Waals surface area contributed by atoms with Gasteiger partial charge in [0, 0.05) is 24.2 Å². The Hall–Kier alpha value is -4.25. The fourth-order valence-corrected chi connectivity index (χ4v) is 7.82. The van der Waals surface area contributed by atoms with Gasteiger partial charge in [0.25, 0.3) is 0 Å². The number of carbonyl (C=O) groups is 1. The summed E-state index contributed by atoms with van der Waals surface area (Å²) in [5.74, 6) is -0.223. The van der Waals surface area contributed by atoms with Gasteiger partial charge >= 0.3 is 24.6 Å². The molecular weight excluding hydrogens is 749 g/mol. The van der Waals surface area contributed by atoms with Crippen LogP contribution in [0.1, 0.15) is 78.8 Å². The van der Waals surface area contributed by atoms with Gasteiger partial charge in [0.15, 0.2) is 5.11 Å². The number of urea groups is 1. The van der Waals surface area contributed by atoms with Crippen LogP contribution in [-0.4, -0.2) is 47.3 Å². The van der Waals surface area contributed by atoms with Crippen molar-refractivity contribution >= 4 is 34.7 Å². The molecule has 2 fully saturated rings. The molecule has 6 rings (SSSR count). The maximum Gasteiger partial charge on any atom is 0.416 e. The van der Waals surface area contributed by atoms with Crippen LogP contribution in [-0.2, 0) is 24.9 Å². The van der Waals surface area contributed by atoms with Crippen LogP contribution >= 0.6 is 12.2 Å². The summed E-state index contributed by atoms with van der Waals surface area (Å²) in [6, 6.07) is 8.61. The van der Waals surface area contributed by atoms with Crippen LogP contribution < -0.4 is 26.0 Å². The van der Waals surface area contributed by atoms with E-state index >= 15 is 0 Å². The lowest BCUT2D eigenvalue weighted by Crippen LogP contribution is -2.56. The Morgan fingerprint density at radius 3 is 2.04 bits per heavy atom. The minimum absolute atomic E-state index is 0.112. The van der Waals surface area contributed by atoms with Crippen LogP contribution in [0.25, 0.3) is 0 Å². The van der Waals surface area contributed by atoms with Crippen LogP contribution in [0.4, 0.5) is 55.7 Å². The number of piperidine rings is 1. The Bertz CT molecular complexity index is 1800. The number of hydrogen-bond donors (Lipinski definition) is 4. The number of alkyl halides is 9. The molecular formula is C37H38F9N5O2S. The van der Waals surface area contributed by atoms with E-state index in [-0.39, 0.29) is 30.0 Å². The number of carbonyl (C=O) groups excluding carboxylic acids is 1. The lowest BCUT2D eigenvalue weighted by molar-refractivity contribution is -0.143. The fourth-order valence-electron chi connectivity index (χ4n) is 7.54. The molecule has 54 heavy (non-hydrogen) atoms. The van der Waals surface area contributed by atoms with E-state index in [1.165, 1.54) is 6.42 Å². The minimum atomic E-state index is -5.19. The molecule has 1 aliphatic heterocycles. The standard InChI is InChI=1S/C37H38F9N5O2S/c38-35(39,40)22-12-13-30(28(20-22)48-33(52)47-25-18-23(36(41,42)43)17-24(19-25)37(44,45)46)53-31-16-21-8-2-3-9-26(21)32(31)50-34(54)49-27-10-4-5-11-29(27)51-14-6-1-7-15-51/h2-3,8-9,12-13,17-20,27,29,31-32H,1,4-7,10-11,14-16H2,(H2,47,48,52)(H2,49,50,54)/t27-,29-,31+,32+/m1/s1. The van der Waals surface area contributed by atoms with Crippen molar-refractivity contribution in [3.8, 4) is 5.75 Å². The van der Waals surface area contributed by atoms with Crippen molar-refractivity contribution in [1.82, 2.24) is 15.5 Å². The summed E-state index contributed by atoms with van der Waals surface area (Å²) in [6.07, 6.45) is -8.04. The molecule has 1 heterocycles. The van der Waals surface area contributed by atoms with E-state index in [0.717, 1.165) is 74.9 Å². The summed E-state index contributed by atoms with van der Waals surface area (Å²) in [6.45, 7) is 2.07. The average Bonchev–Trinajstić information content (AvgIpc) is 3.44. The van der Waals surface area contributed by atoms with Gasteiger partial charge in [-0.25, -0.2) is 4.79 Å². The summed E-state index contributed by atoms with van der Waals surface area (Å²) >= 11 is 5.81. The summed E-state index contributed by atoms with van der Waals surface area (Å²) < 4.78 is 128. The third-order valence-electron chi connectivity index (χ3n) is 10.1. The third-order valence-corrected chi connectivity index (χ3v) is 10.3. The predicted octanol–water partition coefficient (Wildman–Crippen LogP) is 9.69. The molecule has 0 radical (unpaired) electrons. The number of benzene rings is 3. The van der Waals surface area contributed by atoms with E-state index < -0.39 is 64.8 Å². The van der Waals surface area contributed by atoms with Crippen LogP contribution in [0, 0.1) is 0 Å². The van der Waals surface area contributed by atoms with Crippen LogP contribution in [0.5, 0.6) is 5.75 Å². The molecule has 292 valence electrons. The lowest BCUT2D eigenvalue weighted by Gasteiger charge is -2.42. The van der Waals surface area contributed by atoms with E-state index in [0.29, 0.717) is 23.6 Å². The number of likely N-dealkylation sites (tertiary alicyclic amines) is 1. The Balaban J connectivity index is 1.23. The predicted molar refractivity (Wildman–Crippen MR) is 188 cm³/mol. The average molecular weight is 788 g/mol. The molecule has 0 bridgehead atoms. The topological polar surface area (TPSA) is 77.7 Å². The van der Waals surface area contributed by atoms with Gasteiger partial charge in [0.1, 0.15) is 11.9 Å². The molecule has 0 spiro atoms. The summed E-state index contributed by atoms with van der Waals surface area (Å²) in [5.41, 5.74) is -4.24. The molecule has 7 nitrogen and oxygen atoms in total. The van der Waals surface area contributed by atoms with E-state index in [4.69, 9.17) is 17.0 Å². The Morgan fingerprint density at radius 2 is 1.37 bits per heavy atom. The first kappa shape index (κ1) is 39.4. The van der Waals surface area contributed by atoms with Gasteiger partial charge in [0.05, 0.1) is 28.4 Å². The molecule has 2 aliphatic carbocycles. The summed E-state index contributed by atoms with van der Waals surface area (Å²) in [4.78, 5) is 15.5. The second-order valence-electron chi connectivity index (χ2n) is 13.8. The van der Waals surface area contributed by atoms with Crippen LogP contribution in [0.2, 0.25) is 0 Å². The number of amides is 2. The zero-order chi connectivity index (χ0) is 38.8. The van der Waals surface area contributed by atoms with Gasteiger partial charge in [-0.2, -0.15) is 39.5 Å². The number of rotatable bonds is 7. The Morgan fingerprint density at radius 1 is 0.722 bits per heavy atom. The second kappa shape index (κ2) is 15.8. The van der Waals surface area contributed by atoms with Crippen LogP contribution in [0.3, 0.4) is 0 Å². The number of anilines is 2. The van der Waals surface area contributed by atoms with Crippen molar-refractivity contribution in [2.45, 2.75) is 94.1 Å². The number of halogens is 9. The maximum absolute atomic E-state index is 13.8. The molecule has 1 saturated carbocycles. The molecule has 3 aromatic rings. The van der Waals surface area contributed by atoms with Crippen molar-refractivity contribution < 1.29 is 49.0 Å². The van der Waals surface area contributed by atoms with Gasteiger partial charge in [-0.15, -0.1) is 0 Å². The quantitative estimate of drug-likeness (QED) is 0.141. The molecule has 0 unspecified atom stereocenters. The van der Waals surface area contributed by atoms with Crippen molar-refractivity contribution in [3.63, 3.8) is 0 Å². The monoisotopic (exact) mass is 787 g/mol. The van der Waals surface area contributed by atoms with Crippen LogP contribution in [0.15, 0.2) is 60.7 Å². The fraction of sp³-hybridized carbons (Fsp3) is 0.459. The van der Waals surface area contributed by atoms with E-state index in [2.05, 4.69) is 20.9 Å². The van der Waals surface area contributed by atoms with Gasteiger partial charge in [-0.05, 0) is 98.5 Å². The summed E-state index contributed by atoms with van der Waals surface area (Å²) in [7, 11) is 0. The highest BCUT2D eigenvalue weighted by atomic mass is 32.1. The number of ether oxygens (including phenoxy) is 1. The van der Waals surface area contributed by atoms with Gasteiger partial charge in [-0.1, -0.05) is 43.5 Å². The molecule has 4 N–H and O–H groups in total. The van der Waals surface area contributed by atoms with Gasteiger partial charge < -0.3 is 26.0 Å². The highest BCUT2D eigenvalue weighted by molar-refractivity contribution is 7.80. The zero-order valence-electron chi connectivity index (χ0n) is 28.7. The Kier molecular flexibility index (Phi) is 11.6. The van der Waals surface area contributed by atoms with Crippen molar-refractivity contribution in [2.75, 3.05) is 23.7 Å². The zero-order valence-corrected chi connectivity index (χ0v) is 29.5. The number of thiocarbonyl (C=S) groups is 1. The number of fused-ring (bicyclic) bond motifs is 1. The van der Waals surface area contributed by atoms with Gasteiger partial charge in [0.2, 0.25) is 0 Å². The molecule has 1 saturated heterocycles. The molecule has 17 heteroatoms. The van der Waals surface area contributed by atoms with E-state index in [1.54, 1.807) is 0 Å². The van der Waals surface area contributed by atoms with Gasteiger partial charge in [-0.3, -0.25) is 4.90 Å². The molecule has 0 aromatic heterocycles. The second-order valence-corrected chi connectivity index (χ2v) is 14.2. The highest BCUT2D eigenvalue weighted by Crippen LogP contribution is 2.41. The molecule has 4 atom stereocenters. The number of nitrogens with one attached hydrogen (secondary N) is 4. The smallest absolute Gasteiger partial charge is 0.416 e. The highest BCUT2D eigenvalue weighted by Gasteiger charge is 2.39. The first-order chi connectivity index (χ1) is 25.5. The molecule has 3 aromatic carbocycles.